The number of aromatic nitrogens is 4. The predicted molar refractivity (Wildman–Crippen MR) is 111 cm³/mol. The average molecular weight is 422 g/mol. The molecule has 3 aromatic rings. The minimum atomic E-state index is -0.728. The molecule has 8 nitrogen and oxygen atoms in total. The molecule has 2 aliphatic heterocycles. The molecule has 2 aliphatic rings. The standard InChI is InChI=1S/C23H26N4O4/c1-23(2)30-20-18(28-15-17-11-7-4-8-12-17)19(29-22(20)31-23)21-24-25-26-27(21)14-13-16-9-5-3-6-10-16/h3-12,18-20,22H,13-15H2,1-2H3/t18-,19-,20+,22+/m0/s1. The van der Waals surface area contributed by atoms with Crippen LogP contribution in [0.2, 0.25) is 0 Å². The van der Waals surface area contributed by atoms with Crippen molar-refractivity contribution in [3.8, 4) is 0 Å². The highest BCUT2D eigenvalue weighted by atomic mass is 16.8. The van der Waals surface area contributed by atoms with Crippen molar-refractivity contribution in [2.24, 2.45) is 0 Å². The molecular formula is C23H26N4O4. The van der Waals surface area contributed by atoms with Gasteiger partial charge in [-0.3, -0.25) is 0 Å². The summed E-state index contributed by atoms with van der Waals surface area (Å²) in [5.74, 6) is -0.109. The number of fused-ring (bicyclic) bond motifs is 1. The van der Waals surface area contributed by atoms with Gasteiger partial charge in [0.1, 0.15) is 12.2 Å². The second-order valence-electron chi connectivity index (χ2n) is 8.28. The molecule has 0 N–H and O–H groups in total. The molecular weight excluding hydrogens is 396 g/mol. The van der Waals surface area contributed by atoms with Crippen molar-refractivity contribution < 1.29 is 18.9 Å². The molecule has 5 rings (SSSR count). The van der Waals surface area contributed by atoms with Gasteiger partial charge in [-0.25, -0.2) is 4.68 Å². The van der Waals surface area contributed by atoms with E-state index in [-0.39, 0.29) is 6.10 Å². The van der Waals surface area contributed by atoms with Crippen LogP contribution in [0.5, 0.6) is 0 Å². The second kappa shape index (κ2) is 8.47. The van der Waals surface area contributed by atoms with Gasteiger partial charge in [0.15, 0.2) is 24.0 Å². The highest BCUT2D eigenvalue weighted by molar-refractivity contribution is 5.15. The summed E-state index contributed by atoms with van der Waals surface area (Å²) in [5.41, 5.74) is 2.30. The van der Waals surface area contributed by atoms with Crippen LogP contribution in [0.15, 0.2) is 60.7 Å². The normalized spacial score (nSPS) is 26.8. The van der Waals surface area contributed by atoms with Gasteiger partial charge in [0.2, 0.25) is 0 Å². The molecule has 0 radical (unpaired) electrons. The van der Waals surface area contributed by atoms with Crippen LogP contribution in [-0.2, 0) is 38.5 Å². The van der Waals surface area contributed by atoms with E-state index in [1.807, 2.05) is 62.4 Å². The lowest BCUT2D eigenvalue weighted by atomic mass is 10.1. The summed E-state index contributed by atoms with van der Waals surface area (Å²) in [5, 5.41) is 12.4. The maximum atomic E-state index is 6.31. The Bertz CT molecular complexity index is 995. The van der Waals surface area contributed by atoms with Crippen LogP contribution >= 0.6 is 0 Å². The third-order valence-corrected chi connectivity index (χ3v) is 5.55. The van der Waals surface area contributed by atoms with Gasteiger partial charge in [-0.1, -0.05) is 60.7 Å². The monoisotopic (exact) mass is 422 g/mol. The summed E-state index contributed by atoms with van der Waals surface area (Å²) >= 11 is 0. The van der Waals surface area contributed by atoms with E-state index in [0.29, 0.717) is 19.0 Å². The topological polar surface area (TPSA) is 80.5 Å². The van der Waals surface area contributed by atoms with E-state index in [1.54, 1.807) is 4.68 Å². The highest BCUT2D eigenvalue weighted by Crippen LogP contribution is 2.44. The number of ether oxygens (including phenoxy) is 4. The number of hydrogen-bond acceptors (Lipinski definition) is 7. The van der Waals surface area contributed by atoms with Crippen molar-refractivity contribution in [3.63, 3.8) is 0 Å². The summed E-state index contributed by atoms with van der Waals surface area (Å²) in [6, 6.07) is 20.3. The summed E-state index contributed by atoms with van der Waals surface area (Å²) in [7, 11) is 0. The van der Waals surface area contributed by atoms with Crippen molar-refractivity contribution in [1.82, 2.24) is 20.2 Å². The molecule has 162 valence electrons. The molecule has 0 unspecified atom stereocenters. The van der Waals surface area contributed by atoms with E-state index in [2.05, 4.69) is 27.7 Å². The van der Waals surface area contributed by atoms with Crippen LogP contribution in [0, 0.1) is 0 Å². The summed E-state index contributed by atoms with van der Waals surface area (Å²) < 4.78 is 26.4. The lowest BCUT2D eigenvalue weighted by Gasteiger charge is -2.25. The van der Waals surface area contributed by atoms with Crippen LogP contribution in [0.25, 0.3) is 0 Å². The van der Waals surface area contributed by atoms with Gasteiger partial charge in [0.05, 0.1) is 6.61 Å². The Balaban J connectivity index is 1.35. The molecule has 2 aromatic carbocycles. The number of tetrazole rings is 1. The zero-order valence-corrected chi connectivity index (χ0v) is 17.6. The van der Waals surface area contributed by atoms with Crippen LogP contribution < -0.4 is 0 Å². The first-order valence-corrected chi connectivity index (χ1v) is 10.6. The van der Waals surface area contributed by atoms with Crippen LogP contribution in [-0.4, -0.2) is 44.5 Å². The van der Waals surface area contributed by atoms with Gasteiger partial charge in [-0.2, -0.15) is 0 Å². The fraction of sp³-hybridized carbons (Fsp3) is 0.435. The maximum Gasteiger partial charge on any atom is 0.190 e. The molecule has 2 saturated heterocycles. The van der Waals surface area contributed by atoms with Gasteiger partial charge in [0, 0.05) is 6.54 Å². The van der Waals surface area contributed by atoms with E-state index < -0.39 is 24.3 Å². The fourth-order valence-corrected chi connectivity index (χ4v) is 4.09. The van der Waals surface area contributed by atoms with Crippen molar-refractivity contribution in [1.29, 1.82) is 0 Å². The fourth-order valence-electron chi connectivity index (χ4n) is 4.09. The molecule has 31 heavy (non-hydrogen) atoms. The first-order valence-electron chi connectivity index (χ1n) is 10.6. The van der Waals surface area contributed by atoms with E-state index in [0.717, 1.165) is 12.0 Å². The first-order chi connectivity index (χ1) is 15.1. The third kappa shape index (κ3) is 4.38. The van der Waals surface area contributed by atoms with Gasteiger partial charge in [-0.05, 0) is 41.8 Å². The average Bonchev–Trinajstić information content (AvgIpc) is 3.44. The van der Waals surface area contributed by atoms with Gasteiger partial charge in [0.25, 0.3) is 0 Å². The molecule has 8 heteroatoms. The van der Waals surface area contributed by atoms with Crippen LogP contribution in [0.1, 0.15) is 36.9 Å². The third-order valence-electron chi connectivity index (χ3n) is 5.55. The van der Waals surface area contributed by atoms with E-state index in [1.165, 1.54) is 5.56 Å². The molecule has 4 atom stereocenters. The molecule has 0 bridgehead atoms. The van der Waals surface area contributed by atoms with Crippen LogP contribution in [0.3, 0.4) is 0 Å². The Labute approximate surface area is 181 Å². The lowest BCUT2D eigenvalue weighted by Crippen LogP contribution is -2.34. The van der Waals surface area contributed by atoms with Crippen LogP contribution in [0.4, 0.5) is 0 Å². The Morgan fingerprint density at radius 2 is 1.68 bits per heavy atom. The zero-order valence-electron chi connectivity index (χ0n) is 17.6. The predicted octanol–water partition coefficient (Wildman–Crippen LogP) is 3.05. The largest absolute Gasteiger partial charge is 0.367 e. The SMILES string of the molecule is CC1(C)O[C@H]2O[C@H](c3nnnn3CCc3ccccc3)[C@H](OCc3ccccc3)[C@H]2O1. The number of benzene rings is 2. The summed E-state index contributed by atoms with van der Waals surface area (Å²) in [6.45, 7) is 4.83. The first kappa shape index (κ1) is 20.3. The van der Waals surface area contributed by atoms with E-state index in [9.17, 15) is 0 Å². The molecule has 2 fully saturated rings. The number of rotatable bonds is 7. The molecule has 1 aromatic heterocycles. The van der Waals surface area contributed by atoms with Gasteiger partial charge in [-0.15, -0.1) is 5.10 Å². The van der Waals surface area contributed by atoms with Crippen molar-refractivity contribution in [2.75, 3.05) is 0 Å². The Morgan fingerprint density at radius 3 is 2.42 bits per heavy atom. The van der Waals surface area contributed by atoms with E-state index in [4.69, 9.17) is 18.9 Å². The smallest absolute Gasteiger partial charge is 0.190 e. The maximum absolute atomic E-state index is 6.31. The molecule has 3 heterocycles. The Morgan fingerprint density at radius 1 is 0.968 bits per heavy atom. The number of aryl methyl sites for hydroxylation is 2. The number of nitrogens with zero attached hydrogens (tertiary/aromatic N) is 4. The minimum absolute atomic E-state index is 0.358. The quantitative estimate of drug-likeness (QED) is 0.579. The molecule has 0 aliphatic carbocycles. The van der Waals surface area contributed by atoms with Gasteiger partial charge >= 0.3 is 0 Å². The molecule has 0 spiro atoms. The van der Waals surface area contributed by atoms with Crippen molar-refractivity contribution in [2.45, 2.75) is 63.8 Å². The van der Waals surface area contributed by atoms with Crippen molar-refractivity contribution >= 4 is 0 Å². The second-order valence-corrected chi connectivity index (χ2v) is 8.28. The lowest BCUT2D eigenvalue weighted by molar-refractivity contribution is -0.221. The van der Waals surface area contributed by atoms with Gasteiger partial charge < -0.3 is 18.9 Å². The minimum Gasteiger partial charge on any atom is -0.367 e. The molecule has 0 amide bonds. The highest BCUT2D eigenvalue weighted by Gasteiger charge is 2.57. The zero-order chi connectivity index (χ0) is 21.3. The Kier molecular flexibility index (Phi) is 5.54. The molecule has 0 saturated carbocycles. The van der Waals surface area contributed by atoms with Crippen molar-refractivity contribution in [3.05, 3.63) is 77.6 Å². The number of hydrogen-bond donors (Lipinski definition) is 0. The summed E-state index contributed by atoms with van der Waals surface area (Å²) in [4.78, 5) is 0. The Hall–Kier alpha value is -2.65. The van der Waals surface area contributed by atoms with E-state index >= 15 is 0 Å². The summed E-state index contributed by atoms with van der Waals surface area (Å²) in [6.07, 6.45) is -0.953.